The monoisotopic (exact) mass is 115 g/mol. The second-order valence-corrected chi connectivity index (χ2v) is 1.33. The van der Waals surface area contributed by atoms with Crippen molar-refractivity contribution in [3.05, 3.63) is 18.2 Å². The molecule has 1 N–H and O–H groups in total. The summed E-state index contributed by atoms with van der Waals surface area (Å²) in [5, 5.41) is 3.56. The van der Waals surface area contributed by atoms with Crippen molar-refractivity contribution in [3.8, 4) is 0 Å². The number of nitrogens with zero attached hydrogens (tertiary/aromatic N) is 2. The van der Waals surface area contributed by atoms with E-state index >= 15 is 0 Å². The summed E-state index contributed by atoms with van der Waals surface area (Å²) in [5.74, 6) is -0.334. The average Bonchev–Trinajstić information content (AvgIpc) is 2.14. The van der Waals surface area contributed by atoms with E-state index < -0.39 is 0 Å². The topological polar surface area (TPSA) is 29.9 Å². The minimum absolute atomic E-state index is 0.334. The first kappa shape index (κ1) is 5.08. The first-order chi connectivity index (χ1) is 3.83. The fourth-order valence-corrected chi connectivity index (χ4v) is 0.423. The summed E-state index contributed by atoms with van der Waals surface area (Å²) in [7, 11) is 1.66. The molecule has 0 atom stereocenters. The summed E-state index contributed by atoms with van der Waals surface area (Å²) in [4.78, 5) is 1.29. The van der Waals surface area contributed by atoms with E-state index in [0.717, 1.165) is 6.20 Å². The Morgan fingerprint density at radius 3 is 2.88 bits per heavy atom. The minimum atomic E-state index is -0.334. The summed E-state index contributed by atoms with van der Waals surface area (Å²) < 4.78 is 12.0. The van der Waals surface area contributed by atoms with Crippen molar-refractivity contribution in [2.24, 2.45) is 0 Å². The average molecular weight is 115 g/mol. The van der Waals surface area contributed by atoms with Crippen LogP contribution in [0.2, 0.25) is 0 Å². The maximum atomic E-state index is 12.0. The molecule has 0 aliphatic rings. The second kappa shape index (κ2) is 1.81. The van der Waals surface area contributed by atoms with E-state index in [-0.39, 0.29) is 5.82 Å². The lowest BCUT2D eigenvalue weighted by Gasteiger charge is -1.92. The highest BCUT2D eigenvalue weighted by Gasteiger charge is 1.89. The largest absolute Gasteiger partial charge is 0.313 e. The van der Waals surface area contributed by atoms with Gasteiger partial charge in [0.15, 0.2) is 5.82 Å². The standard InChI is InChI=1S/C4H6FN3/c1-6-8-3-4(5)2-7-8/h2-3,6H,1H3. The van der Waals surface area contributed by atoms with E-state index in [9.17, 15) is 4.39 Å². The van der Waals surface area contributed by atoms with Gasteiger partial charge < -0.3 is 5.43 Å². The Hall–Kier alpha value is -1.06. The van der Waals surface area contributed by atoms with Crippen molar-refractivity contribution in [1.29, 1.82) is 0 Å². The first-order valence-electron chi connectivity index (χ1n) is 2.21. The van der Waals surface area contributed by atoms with Crippen molar-refractivity contribution in [3.63, 3.8) is 0 Å². The smallest absolute Gasteiger partial charge is 0.163 e. The molecule has 0 radical (unpaired) electrons. The zero-order chi connectivity index (χ0) is 5.98. The van der Waals surface area contributed by atoms with Crippen LogP contribution in [-0.2, 0) is 0 Å². The van der Waals surface area contributed by atoms with Crippen LogP contribution >= 0.6 is 0 Å². The van der Waals surface area contributed by atoms with Crippen LogP contribution in [0.1, 0.15) is 0 Å². The van der Waals surface area contributed by atoms with Gasteiger partial charge in [0.1, 0.15) is 0 Å². The molecule has 44 valence electrons. The first-order valence-corrected chi connectivity index (χ1v) is 2.21. The lowest BCUT2D eigenvalue weighted by atomic mass is 10.7. The number of aromatic nitrogens is 2. The molecule has 1 aromatic rings. The molecule has 0 aromatic carbocycles. The molecule has 0 bridgehead atoms. The summed E-state index contributed by atoms with van der Waals surface area (Å²) >= 11 is 0. The van der Waals surface area contributed by atoms with E-state index in [2.05, 4.69) is 10.5 Å². The van der Waals surface area contributed by atoms with Crippen LogP contribution in [0.5, 0.6) is 0 Å². The van der Waals surface area contributed by atoms with Crippen molar-refractivity contribution in [1.82, 2.24) is 9.89 Å². The molecular formula is C4H6FN3. The number of halogens is 1. The fraction of sp³-hybridized carbons (Fsp3) is 0.250. The zero-order valence-corrected chi connectivity index (χ0v) is 4.43. The lowest BCUT2D eigenvalue weighted by Crippen LogP contribution is -2.07. The quantitative estimate of drug-likeness (QED) is 0.566. The summed E-state index contributed by atoms with van der Waals surface area (Å²) in [6.45, 7) is 0. The molecule has 0 amide bonds. The van der Waals surface area contributed by atoms with Gasteiger partial charge in [0, 0.05) is 7.05 Å². The molecule has 8 heavy (non-hydrogen) atoms. The third-order valence-corrected chi connectivity index (χ3v) is 0.780. The lowest BCUT2D eigenvalue weighted by molar-refractivity contribution is 0.625. The molecule has 0 saturated heterocycles. The van der Waals surface area contributed by atoms with Gasteiger partial charge in [-0.05, 0) is 0 Å². The molecule has 1 aromatic heterocycles. The molecule has 0 fully saturated rings. The van der Waals surface area contributed by atoms with Gasteiger partial charge in [-0.3, -0.25) is 0 Å². The van der Waals surface area contributed by atoms with Crippen LogP contribution in [0.15, 0.2) is 12.4 Å². The van der Waals surface area contributed by atoms with Gasteiger partial charge >= 0.3 is 0 Å². The molecule has 0 spiro atoms. The van der Waals surface area contributed by atoms with E-state index in [4.69, 9.17) is 0 Å². The Kier molecular flexibility index (Phi) is 1.15. The van der Waals surface area contributed by atoms with Gasteiger partial charge in [-0.1, -0.05) is 0 Å². The Labute approximate surface area is 46.1 Å². The molecule has 3 nitrogen and oxygen atoms in total. The summed E-state index contributed by atoms with van der Waals surface area (Å²) in [6.07, 6.45) is 2.39. The molecule has 0 aliphatic carbocycles. The molecule has 0 saturated carbocycles. The van der Waals surface area contributed by atoms with Crippen LogP contribution in [0, 0.1) is 5.82 Å². The van der Waals surface area contributed by atoms with Crippen LogP contribution in [0.25, 0.3) is 0 Å². The van der Waals surface area contributed by atoms with Crippen LogP contribution in [0.3, 0.4) is 0 Å². The second-order valence-electron chi connectivity index (χ2n) is 1.33. The molecule has 0 unspecified atom stereocenters. The molecule has 0 aliphatic heterocycles. The SMILES string of the molecule is CNn1cc(F)cn1. The maximum absolute atomic E-state index is 12.0. The third-order valence-electron chi connectivity index (χ3n) is 0.780. The van der Waals surface area contributed by atoms with Gasteiger partial charge in [-0.25, -0.2) is 4.39 Å². The maximum Gasteiger partial charge on any atom is 0.163 e. The van der Waals surface area contributed by atoms with Gasteiger partial charge in [-0.2, -0.15) is 9.89 Å². The Balaban J connectivity index is 2.84. The Morgan fingerprint density at radius 1 is 1.88 bits per heavy atom. The summed E-state index contributed by atoms with van der Waals surface area (Å²) in [6, 6.07) is 0. The van der Waals surface area contributed by atoms with Crippen LogP contribution in [0.4, 0.5) is 4.39 Å². The van der Waals surface area contributed by atoms with Crippen molar-refractivity contribution in [2.75, 3.05) is 12.5 Å². The van der Waals surface area contributed by atoms with Crippen LogP contribution < -0.4 is 5.43 Å². The third kappa shape index (κ3) is 0.776. The highest BCUT2D eigenvalue weighted by Crippen LogP contribution is 1.88. The van der Waals surface area contributed by atoms with Crippen LogP contribution in [-0.4, -0.2) is 16.9 Å². The number of rotatable bonds is 1. The Bertz CT molecular complexity index is 172. The van der Waals surface area contributed by atoms with Gasteiger partial charge in [0.2, 0.25) is 0 Å². The van der Waals surface area contributed by atoms with Crippen molar-refractivity contribution in [2.45, 2.75) is 0 Å². The highest BCUT2D eigenvalue weighted by atomic mass is 19.1. The molecule has 1 rings (SSSR count). The summed E-state index contributed by atoms with van der Waals surface area (Å²) in [5.41, 5.74) is 2.61. The normalized spacial score (nSPS) is 9.25. The van der Waals surface area contributed by atoms with E-state index in [1.165, 1.54) is 11.0 Å². The number of hydrogen-bond acceptors (Lipinski definition) is 2. The molecule has 1 heterocycles. The zero-order valence-electron chi connectivity index (χ0n) is 4.43. The predicted molar refractivity (Wildman–Crippen MR) is 27.5 cm³/mol. The van der Waals surface area contributed by atoms with Crippen molar-refractivity contribution < 1.29 is 4.39 Å². The number of hydrogen-bond donors (Lipinski definition) is 1. The highest BCUT2D eigenvalue weighted by molar-refractivity contribution is 4.84. The van der Waals surface area contributed by atoms with Crippen molar-refractivity contribution >= 4 is 0 Å². The van der Waals surface area contributed by atoms with E-state index in [0.29, 0.717) is 0 Å². The minimum Gasteiger partial charge on any atom is -0.313 e. The fourth-order valence-electron chi connectivity index (χ4n) is 0.423. The van der Waals surface area contributed by atoms with Gasteiger partial charge in [-0.15, -0.1) is 0 Å². The van der Waals surface area contributed by atoms with Gasteiger partial charge in [0.25, 0.3) is 0 Å². The number of nitrogens with one attached hydrogen (secondary N) is 1. The van der Waals surface area contributed by atoms with E-state index in [1.54, 1.807) is 7.05 Å². The molecule has 4 heteroatoms. The van der Waals surface area contributed by atoms with E-state index in [1.807, 2.05) is 0 Å². The van der Waals surface area contributed by atoms with Gasteiger partial charge in [0.05, 0.1) is 12.4 Å². The molecular weight excluding hydrogens is 109 g/mol. The Morgan fingerprint density at radius 2 is 2.62 bits per heavy atom. The predicted octanol–water partition coefficient (Wildman–Crippen LogP) is 0.196.